The van der Waals surface area contributed by atoms with Gasteiger partial charge in [-0.25, -0.2) is 4.98 Å². The van der Waals surface area contributed by atoms with Gasteiger partial charge in [-0.3, -0.25) is 0 Å². The maximum absolute atomic E-state index is 4.61. The number of nitrogens with one attached hydrogen (secondary N) is 2. The molecule has 0 radical (unpaired) electrons. The zero-order chi connectivity index (χ0) is 13.2. The van der Waals surface area contributed by atoms with Crippen LogP contribution in [-0.4, -0.2) is 66.6 Å². The van der Waals surface area contributed by atoms with E-state index in [-0.39, 0.29) is 0 Å². The first-order valence-corrected chi connectivity index (χ1v) is 7.37. The van der Waals surface area contributed by atoms with E-state index in [4.69, 9.17) is 0 Å². The summed E-state index contributed by atoms with van der Waals surface area (Å²) in [7, 11) is 4.38. The minimum Gasteiger partial charge on any atom is -0.344 e. The average Bonchev–Trinajstić information content (AvgIpc) is 2.88. The number of likely N-dealkylation sites (tertiary alicyclic amines) is 1. The lowest BCUT2D eigenvalue weighted by molar-refractivity contribution is 0.234. The molecular formula is C14H25N5. The van der Waals surface area contributed by atoms with Gasteiger partial charge in [0.05, 0.1) is 6.04 Å². The standard InChI is InChI=1S/C14H25N5/c1-18-6-3-4-11(9-18)12-8-16-14(17-12)13-10-19(2)7-5-15-13/h8,11,13,15H,3-7,9-10H2,1-2H3,(H,16,17). The number of piperidine rings is 1. The first-order valence-electron chi connectivity index (χ1n) is 7.37. The molecule has 0 spiro atoms. The van der Waals surface area contributed by atoms with Crippen LogP contribution in [0.15, 0.2) is 6.20 Å². The van der Waals surface area contributed by atoms with Crippen molar-refractivity contribution in [3.8, 4) is 0 Å². The number of piperazine rings is 1. The van der Waals surface area contributed by atoms with E-state index in [2.05, 4.69) is 45.4 Å². The first-order chi connectivity index (χ1) is 9.22. The quantitative estimate of drug-likeness (QED) is 0.828. The van der Waals surface area contributed by atoms with Gasteiger partial charge < -0.3 is 20.1 Å². The number of hydrogen-bond donors (Lipinski definition) is 2. The second kappa shape index (κ2) is 5.61. The molecule has 2 aliphatic rings. The zero-order valence-electron chi connectivity index (χ0n) is 12.0. The minimum absolute atomic E-state index is 0.355. The molecule has 19 heavy (non-hydrogen) atoms. The number of H-pyrrole nitrogens is 1. The molecule has 0 aliphatic carbocycles. The van der Waals surface area contributed by atoms with E-state index in [1.807, 2.05) is 0 Å². The summed E-state index contributed by atoms with van der Waals surface area (Å²) in [5, 5.41) is 3.54. The molecule has 0 bridgehead atoms. The Morgan fingerprint density at radius 2 is 2.05 bits per heavy atom. The van der Waals surface area contributed by atoms with Gasteiger partial charge >= 0.3 is 0 Å². The number of likely N-dealkylation sites (N-methyl/N-ethyl adjacent to an activating group) is 2. The molecule has 2 unspecified atom stereocenters. The van der Waals surface area contributed by atoms with Crippen LogP contribution in [0.3, 0.4) is 0 Å². The van der Waals surface area contributed by atoms with E-state index in [1.54, 1.807) is 0 Å². The van der Waals surface area contributed by atoms with Crippen LogP contribution in [0.5, 0.6) is 0 Å². The average molecular weight is 263 g/mol. The van der Waals surface area contributed by atoms with E-state index in [0.29, 0.717) is 12.0 Å². The summed E-state index contributed by atoms with van der Waals surface area (Å²) in [6.07, 6.45) is 4.62. The van der Waals surface area contributed by atoms with Crippen LogP contribution < -0.4 is 5.32 Å². The molecule has 5 nitrogen and oxygen atoms in total. The Hall–Kier alpha value is -0.910. The molecule has 2 fully saturated rings. The van der Waals surface area contributed by atoms with E-state index < -0.39 is 0 Å². The fourth-order valence-electron chi connectivity index (χ4n) is 3.24. The first kappa shape index (κ1) is 13.1. The van der Waals surface area contributed by atoms with Crippen molar-refractivity contribution in [2.45, 2.75) is 24.8 Å². The van der Waals surface area contributed by atoms with Crippen LogP contribution in [0.2, 0.25) is 0 Å². The van der Waals surface area contributed by atoms with Crippen molar-refractivity contribution in [3.63, 3.8) is 0 Å². The van der Waals surface area contributed by atoms with Crippen molar-refractivity contribution in [1.82, 2.24) is 25.1 Å². The summed E-state index contributed by atoms with van der Waals surface area (Å²) < 4.78 is 0. The van der Waals surface area contributed by atoms with Crippen molar-refractivity contribution < 1.29 is 0 Å². The molecular weight excluding hydrogens is 238 g/mol. The Morgan fingerprint density at radius 1 is 1.21 bits per heavy atom. The lowest BCUT2D eigenvalue weighted by atomic mass is 9.96. The van der Waals surface area contributed by atoms with Crippen LogP contribution in [0.1, 0.15) is 36.3 Å². The van der Waals surface area contributed by atoms with Gasteiger partial charge in [-0.05, 0) is 33.5 Å². The van der Waals surface area contributed by atoms with Crippen molar-refractivity contribution in [1.29, 1.82) is 0 Å². The Morgan fingerprint density at radius 3 is 2.84 bits per heavy atom. The van der Waals surface area contributed by atoms with Crippen molar-refractivity contribution in [3.05, 3.63) is 17.7 Å². The van der Waals surface area contributed by atoms with Gasteiger partial charge in [0.2, 0.25) is 0 Å². The van der Waals surface area contributed by atoms with Crippen molar-refractivity contribution in [2.24, 2.45) is 0 Å². The highest BCUT2D eigenvalue weighted by Crippen LogP contribution is 2.26. The molecule has 2 atom stereocenters. The van der Waals surface area contributed by atoms with Crippen LogP contribution in [0.25, 0.3) is 0 Å². The van der Waals surface area contributed by atoms with Gasteiger partial charge in [0.25, 0.3) is 0 Å². The summed E-state index contributed by atoms with van der Waals surface area (Å²) in [4.78, 5) is 13.0. The molecule has 2 N–H and O–H groups in total. The molecule has 3 rings (SSSR count). The third-order valence-corrected chi connectivity index (χ3v) is 4.39. The maximum atomic E-state index is 4.61. The third-order valence-electron chi connectivity index (χ3n) is 4.39. The highest BCUT2D eigenvalue weighted by Gasteiger charge is 2.24. The van der Waals surface area contributed by atoms with E-state index in [9.17, 15) is 0 Å². The van der Waals surface area contributed by atoms with Crippen LogP contribution in [0, 0.1) is 0 Å². The Bertz CT molecular complexity index is 379. The normalized spacial score (nSPS) is 30.6. The predicted molar refractivity (Wildman–Crippen MR) is 76.3 cm³/mol. The van der Waals surface area contributed by atoms with E-state index in [0.717, 1.165) is 32.0 Å². The molecule has 0 amide bonds. The number of rotatable bonds is 2. The molecule has 1 aromatic heterocycles. The molecule has 0 aromatic carbocycles. The molecule has 5 heteroatoms. The topological polar surface area (TPSA) is 47.2 Å². The fraction of sp³-hybridized carbons (Fsp3) is 0.786. The highest BCUT2D eigenvalue weighted by molar-refractivity contribution is 5.12. The Balaban J connectivity index is 1.68. The van der Waals surface area contributed by atoms with Gasteiger partial charge in [-0.1, -0.05) is 0 Å². The number of aromatic nitrogens is 2. The lowest BCUT2D eigenvalue weighted by Gasteiger charge is -2.30. The summed E-state index contributed by atoms with van der Waals surface area (Å²) in [6.45, 7) is 5.59. The molecule has 106 valence electrons. The van der Waals surface area contributed by atoms with Crippen LogP contribution >= 0.6 is 0 Å². The number of nitrogens with zero attached hydrogens (tertiary/aromatic N) is 3. The molecule has 2 aliphatic heterocycles. The molecule has 3 heterocycles. The molecule has 0 saturated carbocycles. The van der Waals surface area contributed by atoms with Gasteiger partial charge in [0.1, 0.15) is 5.82 Å². The van der Waals surface area contributed by atoms with Gasteiger partial charge in [-0.2, -0.15) is 0 Å². The summed E-state index contributed by atoms with van der Waals surface area (Å²) in [5.74, 6) is 1.73. The smallest absolute Gasteiger partial charge is 0.124 e. The monoisotopic (exact) mass is 263 g/mol. The van der Waals surface area contributed by atoms with Crippen molar-refractivity contribution in [2.75, 3.05) is 46.8 Å². The lowest BCUT2D eigenvalue weighted by Crippen LogP contribution is -2.44. The summed E-state index contributed by atoms with van der Waals surface area (Å²) in [6, 6.07) is 0.355. The summed E-state index contributed by atoms with van der Waals surface area (Å²) >= 11 is 0. The minimum atomic E-state index is 0.355. The van der Waals surface area contributed by atoms with E-state index in [1.165, 1.54) is 25.1 Å². The zero-order valence-corrected chi connectivity index (χ0v) is 12.0. The predicted octanol–water partition coefficient (Wildman–Crippen LogP) is 0.795. The van der Waals surface area contributed by atoms with Gasteiger partial charge in [0, 0.05) is 44.0 Å². The summed E-state index contributed by atoms with van der Waals surface area (Å²) in [5.41, 5.74) is 1.32. The van der Waals surface area contributed by atoms with Crippen molar-refractivity contribution >= 4 is 0 Å². The Kier molecular flexibility index (Phi) is 3.86. The van der Waals surface area contributed by atoms with Gasteiger partial charge in [-0.15, -0.1) is 0 Å². The largest absolute Gasteiger partial charge is 0.344 e. The Labute approximate surface area is 115 Å². The second-order valence-electron chi connectivity index (χ2n) is 6.09. The maximum Gasteiger partial charge on any atom is 0.124 e. The number of aromatic amines is 1. The fourth-order valence-corrected chi connectivity index (χ4v) is 3.24. The SMILES string of the molecule is CN1CCCC(c2cnc(C3CN(C)CCN3)[nH]2)C1. The molecule has 2 saturated heterocycles. The number of imidazole rings is 1. The third kappa shape index (κ3) is 2.99. The number of hydrogen-bond acceptors (Lipinski definition) is 4. The second-order valence-corrected chi connectivity index (χ2v) is 6.09. The highest BCUT2D eigenvalue weighted by atomic mass is 15.2. The van der Waals surface area contributed by atoms with Gasteiger partial charge in [0.15, 0.2) is 0 Å². The molecule has 1 aromatic rings. The van der Waals surface area contributed by atoms with E-state index >= 15 is 0 Å². The van der Waals surface area contributed by atoms with Crippen LogP contribution in [-0.2, 0) is 0 Å². The van der Waals surface area contributed by atoms with Crippen LogP contribution in [0.4, 0.5) is 0 Å².